The van der Waals surface area contributed by atoms with Gasteiger partial charge in [-0.15, -0.1) is 0 Å². The minimum Gasteiger partial charge on any atom is -0.212 e. The van der Waals surface area contributed by atoms with Gasteiger partial charge in [0.25, 0.3) is 0 Å². The monoisotopic (exact) mass is 189 g/mol. The van der Waals surface area contributed by atoms with Gasteiger partial charge in [-0.05, 0) is 12.8 Å². The molecule has 0 amide bonds. The number of hydrogen-bond donors (Lipinski definition) is 0. The van der Waals surface area contributed by atoms with Gasteiger partial charge in [0.2, 0.25) is 10.0 Å². The van der Waals surface area contributed by atoms with Gasteiger partial charge in [-0.2, -0.15) is 4.31 Å². The summed E-state index contributed by atoms with van der Waals surface area (Å²) in [6.07, 6.45) is 5.21. The molecule has 0 atom stereocenters. The second-order valence-electron chi connectivity index (χ2n) is 3.09. The van der Waals surface area contributed by atoms with Crippen molar-refractivity contribution in [2.75, 3.05) is 19.3 Å². The first-order chi connectivity index (χ1) is 5.54. The fraction of sp³-hybridized carbons (Fsp3) is 0.750. The van der Waals surface area contributed by atoms with E-state index in [2.05, 4.69) is 6.92 Å². The van der Waals surface area contributed by atoms with E-state index >= 15 is 0 Å². The van der Waals surface area contributed by atoms with Crippen LogP contribution in [0.15, 0.2) is 11.6 Å². The zero-order valence-electron chi connectivity index (χ0n) is 7.58. The number of nitrogens with zero attached hydrogens (tertiary/aromatic N) is 1. The van der Waals surface area contributed by atoms with Crippen LogP contribution in [0.2, 0.25) is 0 Å². The number of sulfonamides is 1. The van der Waals surface area contributed by atoms with Crippen LogP contribution in [0.25, 0.3) is 0 Å². The topological polar surface area (TPSA) is 37.4 Å². The Hall–Kier alpha value is -0.350. The molecule has 0 saturated carbocycles. The van der Waals surface area contributed by atoms with Gasteiger partial charge in [-0.25, -0.2) is 8.42 Å². The van der Waals surface area contributed by atoms with E-state index in [1.807, 2.05) is 6.08 Å². The third-order valence-corrected chi connectivity index (χ3v) is 3.46. The van der Waals surface area contributed by atoms with Crippen molar-refractivity contribution in [1.29, 1.82) is 0 Å². The van der Waals surface area contributed by atoms with Crippen LogP contribution in [0.4, 0.5) is 0 Å². The molecule has 0 fully saturated rings. The maximum atomic E-state index is 11.1. The quantitative estimate of drug-likeness (QED) is 0.607. The molecule has 0 aromatic rings. The van der Waals surface area contributed by atoms with E-state index in [-0.39, 0.29) is 0 Å². The maximum Gasteiger partial charge on any atom is 0.211 e. The largest absolute Gasteiger partial charge is 0.212 e. The number of hydrogen-bond acceptors (Lipinski definition) is 2. The summed E-state index contributed by atoms with van der Waals surface area (Å²) in [4.78, 5) is 0. The van der Waals surface area contributed by atoms with Gasteiger partial charge in [0, 0.05) is 13.1 Å². The van der Waals surface area contributed by atoms with Crippen molar-refractivity contribution < 1.29 is 8.42 Å². The summed E-state index contributed by atoms with van der Waals surface area (Å²) in [5, 5.41) is 0. The Balaban J connectivity index is 2.64. The van der Waals surface area contributed by atoms with Crippen molar-refractivity contribution in [2.45, 2.75) is 19.8 Å². The fourth-order valence-corrected chi connectivity index (χ4v) is 2.08. The van der Waals surface area contributed by atoms with Gasteiger partial charge >= 0.3 is 0 Å². The molecule has 1 aliphatic rings. The van der Waals surface area contributed by atoms with E-state index in [1.54, 1.807) is 0 Å². The van der Waals surface area contributed by atoms with Crippen LogP contribution in [0.5, 0.6) is 0 Å². The first-order valence-electron chi connectivity index (χ1n) is 4.17. The molecule has 1 rings (SSSR count). The second-order valence-corrected chi connectivity index (χ2v) is 5.07. The van der Waals surface area contributed by atoms with Crippen LogP contribution in [0, 0.1) is 0 Å². The Labute approximate surface area is 74.1 Å². The minimum absolute atomic E-state index is 0.558. The predicted octanol–water partition coefficient (Wildman–Crippen LogP) is 0.988. The molecule has 0 radical (unpaired) electrons. The molecule has 0 aromatic heterocycles. The highest BCUT2D eigenvalue weighted by molar-refractivity contribution is 7.88. The SMILES string of the molecule is CCC1=CCN(S(C)(=O)=O)CC1. The Morgan fingerprint density at radius 2 is 2.25 bits per heavy atom. The predicted molar refractivity (Wildman–Crippen MR) is 49.4 cm³/mol. The highest BCUT2D eigenvalue weighted by Crippen LogP contribution is 2.15. The molecule has 0 aromatic carbocycles. The van der Waals surface area contributed by atoms with Gasteiger partial charge in [-0.3, -0.25) is 0 Å². The van der Waals surface area contributed by atoms with E-state index in [0.717, 1.165) is 12.8 Å². The average Bonchev–Trinajstić information content (AvgIpc) is 2.03. The van der Waals surface area contributed by atoms with Crippen LogP contribution >= 0.6 is 0 Å². The molecular weight excluding hydrogens is 174 g/mol. The molecule has 70 valence electrons. The highest BCUT2D eigenvalue weighted by atomic mass is 32.2. The zero-order chi connectivity index (χ0) is 9.19. The van der Waals surface area contributed by atoms with Crippen molar-refractivity contribution in [2.24, 2.45) is 0 Å². The van der Waals surface area contributed by atoms with Gasteiger partial charge in [-0.1, -0.05) is 18.6 Å². The van der Waals surface area contributed by atoms with Crippen molar-refractivity contribution >= 4 is 10.0 Å². The molecule has 1 aliphatic heterocycles. The molecule has 12 heavy (non-hydrogen) atoms. The standard InChI is InChI=1S/C8H15NO2S/c1-3-8-4-6-9(7-5-8)12(2,10)11/h4H,3,5-7H2,1-2H3. The van der Waals surface area contributed by atoms with E-state index in [9.17, 15) is 8.42 Å². The lowest BCUT2D eigenvalue weighted by molar-refractivity contribution is 0.433. The zero-order valence-corrected chi connectivity index (χ0v) is 8.39. The molecule has 4 heteroatoms. The fourth-order valence-electron chi connectivity index (χ4n) is 1.31. The van der Waals surface area contributed by atoms with E-state index < -0.39 is 10.0 Å². The first kappa shape index (κ1) is 9.74. The Morgan fingerprint density at radius 3 is 2.58 bits per heavy atom. The lowest BCUT2D eigenvalue weighted by Crippen LogP contribution is -2.33. The van der Waals surface area contributed by atoms with Crippen LogP contribution in [-0.2, 0) is 10.0 Å². The molecule has 0 N–H and O–H groups in total. The van der Waals surface area contributed by atoms with Gasteiger partial charge in [0.15, 0.2) is 0 Å². The van der Waals surface area contributed by atoms with Gasteiger partial charge in [0.05, 0.1) is 6.26 Å². The van der Waals surface area contributed by atoms with Crippen LogP contribution in [0.1, 0.15) is 19.8 Å². The van der Waals surface area contributed by atoms with Crippen LogP contribution in [-0.4, -0.2) is 32.1 Å². The summed E-state index contributed by atoms with van der Waals surface area (Å²) in [6.45, 7) is 3.31. The van der Waals surface area contributed by atoms with E-state index in [1.165, 1.54) is 16.1 Å². The summed E-state index contributed by atoms with van der Waals surface area (Å²) >= 11 is 0. The van der Waals surface area contributed by atoms with Crippen LogP contribution in [0.3, 0.4) is 0 Å². The van der Waals surface area contributed by atoms with Crippen molar-refractivity contribution in [1.82, 2.24) is 4.31 Å². The smallest absolute Gasteiger partial charge is 0.211 e. The number of rotatable bonds is 2. The van der Waals surface area contributed by atoms with E-state index in [4.69, 9.17) is 0 Å². The molecule has 0 unspecified atom stereocenters. The molecule has 1 heterocycles. The van der Waals surface area contributed by atoms with Crippen LogP contribution < -0.4 is 0 Å². The molecule has 0 bridgehead atoms. The van der Waals surface area contributed by atoms with Crippen molar-refractivity contribution in [3.63, 3.8) is 0 Å². The summed E-state index contributed by atoms with van der Waals surface area (Å²) in [5.41, 5.74) is 1.37. The average molecular weight is 189 g/mol. The molecule has 3 nitrogen and oxygen atoms in total. The third-order valence-electron chi connectivity index (χ3n) is 2.19. The maximum absolute atomic E-state index is 11.1. The molecule has 0 saturated heterocycles. The highest BCUT2D eigenvalue weighted by Gasteiger charge is 2.18. The lowest BCUT2D eigenvalue weighted by atomic mass is 10.1. The summed E-state index contributed by atoms with van der Waals surface area (Å²) in [5.74, 6) is 0. The Bertz CT molecular complexity index is 279. The Morgan fingerprint density at radius 1 is 1.58 bits per heavy atom. The normalized spacial score (nSPS) is 20.7. The summed E-state index contributed by atoms with van der Waals surface area (Å²) < 4.78 is 23.7. The minimum atomic E-state index is -2.97. The molecule has 0 aliphatic carbocycles. The first-order valence-corrected chi connectivity index (χ1v) is 6.02. The summed E-state index contributed by atoms with van der Waals surface area (Å²) in [7, 11) is -2.97. The molecular formula is C8H15NO2S. The van der Waals surface area contributed by atoms with Gasteiger partial charge in [0.1, 0.15) is 0 Å². The van der Waals surface area contributed by atoms with Gasteiger partial charge < -0.3 is 0 Å². The lowest BCUT2D eigenvalue weighted by Gasteiger charge is -2.23. The molecule has 0 spiro atoms. The van der Waals surface area contributed by atoms with Crippen molar-refractivity contribution in [3.8, 4) is 0 Å². The third kappa shape index (κ3) is 2.32. The second kappa shape index (κ2) is 3.58. The Kier molecular flexibility index (Phi) is 2.90. The van der Waals surface area contributed by atoms with E-state index in [0.29, 0.717) is 13.1 Å². The van der Waals surface area contributed by atoms with Crippen molar-refractivity contribution in [3.05, 3.63) is 11.6 Å². The summed E-state index contributed by atoms with van der Waals surface area (Å²) in [6, 6.07) is 0.